The molecule has 86 valence electrons. The van der Waals surface area contributed by atoms with Crippen molar-refractivity contribution >= 4 is 17.6 Å². The minimum Gasteiger partial charge on any atom is -0.384 e. The largest absolute Gasteiger partial charge is 0.384 e. The number of hydrogen-bond acceptors (Lipinski definition) is 3. The van der Waals surface area contributed by atoms with Gasteiger partial charge in [-0.25, -0.2) is 4.98 Å². The summed E-state index contributed by atoms with van der Waals surface area (Å²) in [7, 11) is 1.99. The number of aromatic nitrogens is 2. The number of nitrogens with two attached hydrogens (primary N) is 1. The van der Waals surface area contributed by atoms with E-state index < -0.39 is 0 Å². The van der Waals surface area contributed by atoms with Crippen molar-refractivity contribution < 1.29 is 0 Å². The van der Waals surface area contributed by atoms with Crippen LogP contribution in [0.5, 0.6) is 0 Å². The molecule has 4 heteroatoms. The Balaban J connectivity index is 3.02. The average Bonchev–Trinajstić information content (AvgIpc) is 2.41. The van der Waals surface area contributed by atoms with Gasteiger partial charge in [-0.2, -0.15) is 11.8 Å². The van der Waals surface area contributed by atoms with Crippen molar-refractivity contribution in [3.8, 4) is 0 Å². The summed E-state index contributed by atoms with van der Waals surface area (Å²) in [5, 5.41) is 0. The highest BCUT2D eigenvalue weighted by molar-refractivity contribution is 7.98. The lowest BCUT2D eigenvalue weighted by Crippen LogP contribution is -2.17. The Morgan fingerprint density at radius 3 is 2.40 bits per heavy atom. The number of aryl methyl sites for hydroxylation is 1. The first kappa shape index (κ1) is 12.4. The Bertz CT molecular complexity index is 336. The van der Waals surface area contributed by atoms with Gasteiger partial charge < -0.3 is 10.3 Å². The highest BCUT2D eigenvalue weighted by atomic mass is 32.2. The molecule has 0 radical (unpaired) electrons. The Labute approximate surface area is 96.5 Å². The van der Waals surface area contributed by atoms with Gasteiger partial charge in [0.25, 0.3) is 0 Å². The smallest absolute Gasteiger partial charge is 0.126 e. The van der Waals surface area contributed by atoms with Crippen LogP contribution in [0.3, 0.4) is 0 Å². The van der Waals surface area contributed by atoms with Gasteiger partial charge in [0, 0.05) is 18.9 Å². The second kappa shape index (κ2) is 4.47. The van der Waals surface area contributed by atoms with Crippen LogP contribution in [0.1, 0.15) is 32.3 Å². The van der Waals surface area contributed by atoms with E-state index in [-0.39, 0.29) is 5.41 Å². The highest BCUT2D eigenvalue weighted by Gasteiger charge is 2.22. The molecule has 0 atom stereocenters. The lowest BCUT2D eigenvalue weighted by Gasteiger charge is -2.17. The first-order chi connectivity index (χ1) is 6.88. The normalized spacial score (nSPS) is 12.1. The zero-order valence-corrected chi connectivity index (χ0v) is 11.1. The lowest BCUT2D eigenvalue weighted by atomic mass is 9.96. The second-order valence-electron chi connectivity index (χ2n) is 4.82. The lowest BCUT2D eigenvalue weighted by molar-refractivity contribution is 0.523. The van der Waals surface area contributed by atoms with E-state index in [0.29, 0.717) is 0 Å². The number of nitrogens with zero attached hydrogens (tertiary/aromatic N) is 2. The van der Waals surface area contributed by atoms with Crippen LogP contribution >= 0.6 is 11.8 Å². The molecule has 1 aromatic heterocycles. The monoisotopic (exact) mass is 227 g/mol. The van der Waals surface area contributed by atoms with Crippen molar-refractivity contribution in [3.63, 3.8) is 0 Å². The molecule has 0 aliphatic carbocycles. The molecule has 3 nitrogen and oxygen atoms in total. The third-order valence-corrected chi connectivity index (χ3v) is 3.04. The molecule has 0 aliphatic heterocycles. The van der Waals surface area contributed by atoms with Gasteiger partial charge in [-0.1, -0.05) is 20.8 Å². The summed E-state index contributed by atoms with van der Waals surface area (Å²) in [4.78, 5) is 4.64. The molecule has 0 aliphatic rings. The fraction of sp³-hybridized carbons (Fsp3) is 0.727. The maximum Gasteiger partial charge on any atom is 0.126 e. The van der Waals surface area contributed by atoms with Crippen molar-refractivity contribution in [2.24, 2.45) is 7.05 Å². The van der Waals surface area contributed by atoms with Crippen molar-refractivity contribution in [2.75, 3.05) is 17.7 Å². The molecule has 0 amide bonds. The van der Waals surface area contributed by atoms with Crippen molar-refractivity contribution in [2.45, 2.75) is 32.6 Å². The quantitative estimate of drug-likeness (QED) is 0.861. The maximum absolute atomic E-state index is 6.03. The van der Waals surface area contributed by atoms with Crippen LogP contribution in [0.2, 0.25) is 0 Å². The van der Waals surface area contributed by atoms with Crippen LogP contribution in [0.4, 0.5) is 5.82 Å². The molecule has 0 aromatic carbocycles. The first-order valence-corrected chi connectivity index (χ1v) is 6.57. The van der Waals surface area contributed by atoms with Gasteiger partial charge in [0.05, 0.1) is 5.69 Å². The van der Waals surface area contributed by atoms with E-state index in [1.165, 1.54) is 0 Å². The Morgan fingerprint density at radius 1 is 1.40 bits per heavy atom. The minimum absolute atomic E-state index is 0.0560. The molecule has 1 heterocycles. The fourth-order valence-electron chi connectivity index (χ4n) is 1.62. The van der Waals surface area contributed by atoms with E-state index in [0.717, 1.165) is 29.5 Å². The van der Waals surface area contributed by atoms with E-state index in [9.17, 15) is 0 Å². The fourth-order valence-corrected chi connectivity index (χ4v) is 2.02. The topological polar surface area (TPSA) is 43.8 Å². The van der Waals surface area contributed by atoms with Gasteiger partial charge in [-0.3, -0.25) is 0 Å². The molecule has 15 heavy (non-hydrogen) atoms. The van der Waals surface area contributed by atoms with Gasteiger partial charge in [0.2, 0.25) is 0 Å². The Kier molecular flexibility index (Phi) is 3.71. The predicted octanol–water partition coefficient (Wildman–Crippen LogP) is 2.21. The summed E-state index contributed by atoms with van der Waals surface area (Å²) in [5.41, 5.74) is 7.13. The predicted molar refractivity (Wildman–Crippen MR) is 68.4 cm³/mol. The SMILES string of the molecule is CSCCc1nc(C(C)(C)C)n(C)c1N. The van der Waals surface area contributed by atoms with E-state index in [4.69, 9.17) is 5.73 Å². The van der Waals surface area contributed by atoms with Gasteiger partial charge in [-0.05, 0) is 12.0 Å². The second-order valence-corrected chi connectivity index (χ2v) is 5.80. The molecule has 1 rings (SSSR count). The molecule has 0 saturated heterocycles. The standard InChI is InChI=1S/C11H21N3S/c1-11(2,3)10-13-8(6-7-15-5)9(12)14(10)4/h6-7,12H2,1-5H3. The minimum atomic E-state index is 0.0560. The Morgan fingerprint density at radius 2 is 2.00 bits per heavy atom. The maximum atomic E-state index is 6.03. The van der Waals surface area contributed by atoms with Crippen LogP contribution in [-0.4, -0.2) is 21.6 Å². The molecular weight excluding hydrogens is 206 g/mol. The van der Waals surface area contributed by atoms with Crippen LogP contribution in [0, 0.1) is 0 Å². The molecule has 0 unspecified atom stereocenters. The van der Waals surface area contributed by atoms with E-state index in [1.807, 2.05) is 23.4 Å². The Hall–Kier alpha value is -0.640. The van der Waals surface area contributed by atoms with Crippen LogP contribution in [0.25, 0.3) is 0 Å². The number of anilines is 1. The molecule has 0 bridgehead atoms. The summed E-state index contributed by atoms with van der Waals surface area (Å²) >= 11 is 1.82. The van der Waals surface area contributed by atoms with Gasteiger partial charge in [-0.15, -0.1) is 0 Å². The number of thioether (sulfide) groups is 1. The third kappa shape index (κ3) is 2.68. The number of hydrogen-bond donors (Lipinski definition) is 1. The molecule has 0 fully saturated rings. The van der Waals surface area contributed by atoms with Gasteiger partial charge in [0.15, 0.2) is 0 Å². The average molecular weight is 227 g/mol. The summed E-state index contributed by atoms with van der Waals surface area (Å²) in [6.45, 7) is 6.48. The van der Waals surface area contributed by atoms with Crippen molar-refractivity contribution in [1.82, 2.24) is 9.55 Å². The molecule has 0 spiro atoms. The molecule has 1 aromatic rings. The zero-order chi connectivity index (χ0) is 11.6. The molecule has 0 saturated carbocycles. The van der Waals surface area contributed by atoms with Crippen LogP contribution in [-0.2, 0) is 18.9 Å². The summed E-state index contributed by atoms with van der Waals surface area (Å²) in [5.74, 6) is 2.95. The van der Waals surface area contributed by atoms with Crippen LogP contribution in [0.15, 0.2) is 0 Å². The van der Waals surface area contributed by atoms with Gasteiger partial charge >= 0.3 is 0 Å². The number of nitrogen functional groups attached to an aromatic ring is 1. The number of rotatable bonds is 3. The van der Waals surface area contributed by atoms with Crippen molar-refractivity contribution in [1.29, 1.82) is 0 Å². The van der Waals surface area contributed by atoms with Gasteiger partial charge in [0.1, 0.15) is 11.6 Å². The number of imidazole rings is 1. The zero-order valence-electron chi connectivity index (χ0n) is 10.3. The summed E-state index contributed by atoms with van der Waals surface area (Å²) < 4.78 is 2.01. The van der Waals surface area contributed by atoms with E-state index in [2.05, 4.69) is 32.0 Å². The van der Waals surface area contributed by atoms with Crippen molar-refractivity contribution in [3.05, 3.63) is 11.5 Å². The van der Waals surface area contributed by atoms with E-state index >= 15 is 0 Å². The third-order valence-electron chi connectivity index (χ3n) is 2.43. The first-order valence-electron chi connectivity index (χ1n) is 5.18. The summed E-state index contributed by atoms with van der Waals surface area (Å²) in [6, 6.07) is 0. The summed E-state index contributed by atoms with van der Waals surface area (Å²) in [6.07, 6.45) is 3.06. The highest BCUT2D eigenvalue weighted by Crippen LogP contribution is 2.25. The molecular formula is C11H21N3S. The molecule has 2 N–H and O–H groups in total. The van der Waals surface area contributed by atoms with Crippen LogP contribution < -0.4 is 5.73 Å². The van der Waals surface area contributed by atoms with E-state index in [1.54, 1.807) is 0 Å².